The molecule has 1 aliphatic carbocycles. The van der Waals surface area contributed by atoms with E-state index in [1.165, 1.54) is 38.1 Å². The van der Waals surface area contributed by atoms with Gasteiger partial charge in [-0.3, -0.25) is 0 Å². The van der Waals surface area contributed by atoms with E-state index in [1.807, 2.05) is 4.57 Å². The van der Waals surface area contributed by atoms with E-state index in [2.05, 4.69) is 15.0 Å². The second-order valence-electron chi connectivity index (χ2n) is 6.64. The lowest BCUT2D eigenvalue weighted by Crippen LogP contribution is -2.16. The molecule has 2 N–H and O–H groups in total. The van der Waals surface area contributed by atoms with Gasteiger partial charge in [-0.15, -0.1) is 0 Å². The van der Waals surface area contributed by atoms with Gasteiger partial charge < -0.3 is 15.0 Å². The Bertz CT molecular complexity index is 1070. The third-order valence-corrected chi connectivity index (χ3v) is 6.85. The predicted octanol–water partition coefficient (Wildman–Crippen LogP) is 2.76. The number of fused-ring (bicyclic) bond motifs is 1. The highest BCUT2D eigenvalue weighted by Gasteiger charge is 2.32. The molecule has 0 unspecified atom stereocenters. The van der Waals surface area contributed by atoms with Gasteiger partial charge in [0.15, 0.2) is 5.65 Å². The lowest BCUT2D eigenvalue weighted by molar-refractivity contribution is 0.362. The Labute approximate surface area is 157 Å². The molecule has 142 valence electrons. The molecule has 0 amide bonds. The van der Waals surface area contributed by atoms with E-state index in [9.17, 15) is 8.42 Å². The van der Waals surface area contributed by atoms with Crippen LogP contribution in [-0.2, 0) is 9.84 Å². The molecule has 0 aliphatic heterocycles. The molecule has 9 heteroatoms. The molecule has 1 saturated carbocycles. The zero-order chi connectivity index (χ0) is 19.0. The Morgan fingerprint density at radius 3 is 2.52 bits per heavy atom. The van der Waals surface area contributed by atoms with Crippen LogP contribution in [0, 0.1) is 0 Å². The van der Waals surface area contributed by atoms with Crippen LogP contribution in [0.15, 0.2) is 40.5 Å². The van der Waals surface area contributed by atoms with Crippen molar-refractivity contribution in [3.05, 3.63) is 30.7 Å². The van der Waals surface area contributed by atoms with Gasteiger partial charge in [0, 0.05) is 30.7 Å². The zero-order valence-electron chi connectivity index (χ0n) is 15.0. The van der Waals surface area contributed by atoms with E-state index in [-0.39, 0.29) is 21.7 Å². The van der Waals surface area contributed by atoms with Crippen molar-refractivity contribution >= 4 is 26.8 Å². The van der Waals surface area contributed by atoms with Crippen LogP contribution >= 0.6 is 0 Å². The SMILES string of the molecule is COc1ccc(S(=O)(=O)c2c(N)n(C3CCCCC3)c3nccnc23)cn1. The first-order valence-corrected chi connectivity index (χ1v) is 10.4. The van der Waals surface area contributed by atoms with Crippen LogP contribution in [-0.4, -0.2) is 35.0 Å². The average molecular weight is 387 g/mol. The first-order chi connectivity index (χ1) is 13.0. The number of ether oxygens (including phenoxy) is 1. The maximum absolute atomic E-state index is 13.3. The molecular weight excluding hydrogens is 366 g/mol. The number of hydrogen-bond acceptors (Lipinski definition) is 7. The van der Waals surface area contributed by atoms with Crippen molar-refractivity contribution in [3.63, 3.8) is 0 Å². The van der Waals surface area contributed by atoms with E-state index >= 15 is 0 Å². The summed E-state index contributed by atoms with van der Waals surface area (Å²) in [5.41, 5.74) is 7.20. The first-order valence-electron chi connectivity index (χ1n) is 8.89. The fourth-order valence-electron chi connectivity index (χ4n) is 3.75. The van der Waals surface area contributed by atoms with Crippen LogP contribution in [0.3, 0.4) is 0 Å². The predicted molar refractivity (Wildman–Crippen MR) is 100 cm³/mol. The number of nitrogen functional groups attached to an aromatic ring is 1. The number of pyridine rings is 1. The summed E-state index contributed by atoms with van der Waals surface area (Å²) in [6.07, 6.45) is 9.59. The molecule has 8 nitrogen and oxygen atoms in total. The van der Waals surface area contributed by atoms with Crippen molar-refractivity contribution in [3.8, 4) is 5.88 Å². The first kappa shape index (κ1) is 17.7. The van der Waals surface area contributed by atoms with E-state index in [1.54, 1.807) is 6.20 Å². The quantitative estimate of drug-likeness (QED) is 0.732. The Morgan fingerprint density at radius 1 is 1.11 bits per heavy atom. The van der Waals surface area contributed by atoms with E-state index < -0.39 is 9.84 Å². The molecule has 0 atom stereocenters. The molecule has 3 aromatic heterocycles. The summed E-state index contributed by atoms with van der Waals surface area (Å²) in [6.45, 7) is 0. The van der Waals surface area contributed by atoms with Gasteiger partial charge in [0.2, 0.25) is 15.7 Å². The van der Waals surface area contributed by atoms with Gasteiger partial charge in [-0.05, 0) is 18.9 Å². The summed E-state index contributed by atoms with van der Waals surface area (Å²) >= 11 is 0. The zero-order valence-corrected chi connectivity index (χ0v) is 15.8. The number of aromatic nitrogens is 4. The van der Waals surface area contributed by atoms with E-state index in [0.717, 1.165) is 25.7 Å². The van der Waals surface area contributed by atoms with Crippen molar-refractivity contribution in [1.29, 1.82) is 0 Å². The Balaban J connectivity index is 1.92. The summed E-state index contributed by atoms with van der Waals surface area (Å²) < 4.78 is 33.5. The topological polar surface area (TPSA) is 113 Å². The molecule has 0 bridgehead atoms. The van der Waals surface area contributed by atoms with Crippen LogP contribution in [0.25, 0.3) is 11.2 Å². The number of sulfone groups is 1. The van der Waals surface area contributed by atoms with Gasteiger partial charge in [0.25, 0.3) is 0 Å². The Morgan fingerprint density at radius 2 is 1.85 bits per heavy atom. The number of hydrogen-bond donors (Lipinski definition) is 1. The number of methoxy groups -OCH3 is 1. The van der Waals surface area contributed by atoms with E-state index in [4.69, 9.17) is 10.5 Å². The molecule has 3 aromatic rings. The average Bonchev–Trinajstić information content (AvgIpc) is 3.01. The van der Waals surface area contributed by atoms with Crippen molar-refractivity contribution in [2.75, 3.05) is 12.8 Å². The molecule has 27 heavy (non-hydrogen) atoms. The fraction of sp³-hybridized carbons (Fsp3) is 0.389. The minimum absolute atomic E-state index is 0.00291. The highest BCUT2D eigenvalue weighted by molar-refractivity contribution is 7.91. The second-order valence-corrected chi connectivity index (χ2v) is 8.53. The molecular formula is C18H21N5O3S. The number of rotatable bonds is 4. The lowest BCUT2D eigenvalue weighted by atomic mass is 9.95. The Kier molecular flexibility index (Phi) is 4.47. The highest BCUT2D eigenvalue weighted by Crippen LogP contribution is 2.39. The maximum Gasteiger partial charge on any atom is 0.213 e. The van der Waals surface area contributed by atoms with Crippen LogP contribution in [0.1, 0.15) is 38.1 Å². The monoisotopic (exact) mass is 387 g/mol. The Hall–Kier alpha value is -2.68. The lowest BCUT2D eigenvalue weighted by Gasteiger charge is -2.24. The molecule has 0 saturated heterocycles. The van der Waals surface area contributed by atoms with Crippen molar-refractivity contribution in [2.45, 2.75) is 47.9 Å². The molecule has 0 aromatic carbocycles. The minimum Gasteiger partial charge on any atom is -0.481 e. The van der Waals surface area contributed by atoms with Gasteiger partial charge in [-0.1, -0.05) is 19.3 Å². The minimum atomic E-state index is -3.91. The fourth-order valence-corrected chi connectivity index (χ4v) is 5.20. The summed E-state index contributed by atoms with van der Waals surface area (Å²) in [6, 6.07) is 3.10. The third-order valence-electron chi connectivity index (χ3n) is 5.05. The van der Waals surface area contributed by atoms with Crippen LogP contribution < -0.4 is 10.5 Å². The summed E-state index contributed by atoms with van der Waals surface area (Å²) in [5, 5.41) is 0. The summed E-state index contributed by atoms with van der Waals surface area (Å²) in [7, 11) is -2.43. The van der Waals surface area contributed by atoms with Crippen LogP contribution in [0.4, 0.5) is 5.82 Å². The molecule has 3 heterocycles. The van der Waals surface area contributed by atoms with Gasteiger partial charge in [-0.2, -0.15) is 0 Å². The van der Waals surface area contributed by atoms with Crippen molar-refractivity contribution in [2.24, 2.45) is 0 Å². The maximum atomic E-state index is 13.3. The molecule has 0 radical (unpaired) electrons. The number of anilines is 1. The van der Waals surface area contributed by atoms with Crippen molar-refractivity contribution < 1.29 is 13.2 Å². The van der Waals surface area contributed by atoms with Gasteiger partial charge in [0.05, 0.1) is 12.0 Å². The molecule has 1 aliphatic rings. The number of nitrogens with zero attached hydrogens (tertiary/aromatic N) is 4. The molecule has 0 spiro atoms. The number of nitrogens with two attached hydrogens (primary N) is 1. The normalized spacial score (nSPS) is 15.9. The van der Waals surface area contributed by atoms with Gasteiger partial charge in [-0.25, -0.2) is 23.4 Å². The second kappa shape index (κ2) is 6.80. The van der Waals surface area contributed by atoms with Gasteiger partial charge >= 0.3 is 0 Å². The summed E-state index contributed by atoms with van der Waals surface area (Å²) in [5.74, 6) is 0.533. The highest BCUT2D eigenvalue weighted by atomic mass is 32.2. The van der Waals surface area contributed by atoms with Gasteiger partial charge in [0.1, 0.15) is 16.2 Å². The standard InChI is InChI=1S/C18H21N5O3S/c1-26-14-8-7-13(11-22-14)27(24,25)16-15-18(21-10-9-20-15)23(17(16)19)12-5-3-2-4-6-12/h7-12H,2-6,19H2,1H3. The molecule has 4 rings (SSSR count). The summed E-state index contributed by atoms with van der Waals surface area (Å²) in [4.78, 5) is 12.7. The van der Waals surface area contributed by atoms with Crippen molar-refractivity contribution in [1.82, 2.24) is 19.5 Å². The van der Waals surface area contributed by atoms with Crippen LogP contribution in [0.2, 0.25) is 0 Å². The molecule has 1 fully saturated rings. The third kappa shape index (κ3) is 2.91. The van der Waals surface area contributed by atoms with Crippen LogP contribution in [0.5, 0.6) is 5.88 Å². The largest absolute Gasteiger partial charge is 0.481 e. The van der Waals surface area contributed by atoms with E-state index in [0.29, 0.717) is 17.0 Å². The smallest absolute Gasteiger partial charge is 0.213 e.